The van der Waals surface area contributed by atoms with Gasteiger partial charge >= 0.3 is 0 Å². The molecule has 0 spiro atoms. The Labute approximate surface area is 164 Å². The molecular formula is C22H24N2O4. The molecule has 146 valence electrons. The minimum Gasteiger partial charge on any atom is -0.379 e. The van der Waals surface area contributed by atoms with Gasteiger partial charge in [-0.05, 0) is 17.7 Å². The van der Waals surface area contributed by atoms with Crippen LogP contribution in [0.5, 0.6) is 0 Å². The number of imide groups is 1. The van der Waals surface area contributed by atoms with E-state index in [1.807, 2.05) is 30.3 Å². The van der Waals surface area contributed by atoms with Gasteiger partial charge < -0.3 is 9.47 Å². The van der Waals surface area contributed by atoms with Crippen molar-refractivity contribution >= 4 is 11.8 Å². The van der Waals surface area contributed by atoms with Gasteiger partial charge in [0, 0.05) is 19.6 Å². The van der Waals surface area contributed by atoms with Crippen molar-refractivity contribution in [3.63, 3.8) is 0 Å². The number of nitrogens with zero attached hydrogens (tertiary/aromatic N) is 2. The van der Waals surface area contributed by atoms with E-state index in [0.717, 1.165) is 18.7 Å². The third-order valence-corrected chi connectivity index (χ3v) is 5.26. The number of carbonyl (C=O) groups is 2. The van der Waals surface area contributed by atoms with Gasteiger partial charge in [0.05, 0.1) is 43.6 Å². The third-order valence-electron chi connectivity index (χ3n) is 5.26. The van der Waals surface area contributed by atoms with Gasteiger partial charge in [-0.2, -0.15) is 0 Å². The van der Waals surface area contributed by atoms with E-state index in [1.165, 1.54) is 4.90 Å². The summed E-state index contributed by atoms with van der Waals surface area (Å²) in [6.45, 7) is 4.10. The fourth-order valence-corrected chi connectivity index (χ4v) is 3.72. The Morgan fingerprint density at radius 2 is 1.50 bits per heavy atom. The van der Waals surface area contributed by atoms with Crippen LogP contribution in [0.4, 0.5) is 0 Å². The van der Waals surface area contributed by atoms with Gasteiger partial charge in [0.1, 0.15) is 0 Å². The SMILES string of the molecule is O=C1c2ccccc2C(=O)N1CC(COCc1ccccc1)N1CCOCC1. The van der Waals surface area contributed by atoms with Crippen molar-refractivity contribution in [2.75, 3.05) is 39.5 Å². The molecule has 2 aliphatic heterocycles. The summed E-state index contributed by atoms with van der Waals surface area (Å²) in [5, 5.41) is 0. The van der Waals surface area contributed by atoms with Gasteiger partial charge in [0.15, 0.2) is 0 Å². The van der Waals surface area contributed by atoms with E-state index in [1.54, 1.807) is 24.3 Å². The Morgan fingerprint density at radius 3 is 2.14 bits per heavy atom. The van der Waals surface area contributed by atoms with Crippen LogP contribution in [0.2, 0.25) is 0 Å². The van der Waals surface area contributed by atoms with Gasteiger partial charge in [-0.1, -0.05) is 42.5 Å². The lowest BCUT2D eigenvalue weighted by Crippen LogP contribution is -2.52. The van der Waals surface area contributed by atoms with E-state index in [4.69, 9.17) is 9.47 Å². The first-order valence-electron chi connectivity index (χ1n) is 9.63. The highest BCUT2D eigenvalue weighted by Gasteiger charge is 2.37. The topological polar surface area (TPSA) is 59.1 Å². The van der Waals surface area contributed by atoms with Crippen molar-refractivity contribution in [1.29, 1.82) is 0 Å². The molecule has 2 aromatic carbocycles. The zero-order chi connectivity index (χ0) is 19.3. The smallest absolute Gasteiger partial charge is 0.261 e. The molecule has 1 unspecified atom stereocenters. The van der Waals surface area contributed by atoms with Crippen molar-refractivity contribution in [2.45, 2.75) is 12.6 Å². The van der Waals surface area contributed by atoms with Crippen molar-refractivity contribution in [2.24, 2.45) is 0 Å². The lowest BCUT2D eigenvalue weighted by molar-refractivity contribution is -0.0197. The first kappa shape index (κ1) is 18.8. The fraction of sp³-hybridized carbons (Fsp3) is 0.364. The number of hydrogen-bond acceptors (Lipinski definition) is 5. The molecule has 0 aromatic heterocycles. The van der Waals surface area contributed by atoms with Crippen molar-refractivity contribution in [3.05, 3.63) is 71.3 Å². The average molecular weight is 380 g/mol. The first-order chi connectivity index (χ1) is 13.7. The molecule has 1 fully saturated rings. The lowest BCUT2D eigenvalue weighted by atomic mass is 10.1. The second-order valence-electron chi connectivity index (χ2n) is 7.07. The summed E-state index contributed by atoms with van der Waals surface area (Å²) in [4.78, 5) is 29.1. The number of benzene rings is 2. The van der Waals surface area contributed by atoms with E-state index in [0.29, 0.717) is 44.1 Å². The number of fused-ring (bicyclic) bond motifs is 1. The van der Waals surface area contributed by atoms with Crippen LogP contribution in [0.1, 0.15) is 26.3 Å². The second-order valence-corrected chi connectivity index (χ2v) is 7.07. The number of carbonyl (C=O) groups excluding carboxylic acids is 2. The molecule has 0 aliphatic carbocycles. The standard InChI is InChI=1S/C22H24N2O4/c25-21-19-8-4-5-9-20(19)22(26)24(21)14-18(23-10-12-27-13-11-23)16-28-15-17-6-2-1-3-7-17/h1-9,18H,10-16H2. The highest BCUT2D eigenvalue weighted by atomic mass is 16.5. The average Bonchev–Trinajstić information content (AvgIpc) is 2.99. The quantitative estimate of drug-likeness (QED) is 0.690. The maximum absolute atomic E-state index is 12.7. The van der Waals surface area contributed by atoms with Gasteiger partial charge in [-0.15, -0.1) is 0 Å². The Morgan fingerprint density at radius 1 is 0.893 bits per heavy atom. The Bertz CT molecular complexity index is 798. The summed E-state index contributed by atoms with van der Waals surface area (Å²) in [6, 6.07) is 16.9. The molecule has 2 amide bonds. The van der Waals surface area contributed by atoms with Gasteiger partial charge in [-0.25, -0.2) is 0 Å². The normalized spacial score (nSPS) is 18.4. The minimum absolute atomic E-state index is 0.0603. The summed E-state index contributed by atoms with van der Waals surface area (Å²) in [6.07, 6.45) is 0. The summed E-state index contributed by atoms with van der Waals surface area (Å²) < 4.78 is 11.4. The third kappa shape index (κ3) is 3.99. The molecule has 6 nitrogen and oxygen atoms in total. The van der Waals surface area contributed by atoms with Gasteiger partial charge in [0.2, 0.25) is 0 Å². The van der Waals surface area contributed by atoms with Crippen molar-refractivity contribution < 1.29 is 19.1 Å². The molecule has 2 aliphatic rings. The van der Waals surface area contributed by atoms with Crippen LogP contribution in [-0.2, 0) is 16.1 Å². The molecule has 2 aromatic rings. The summed E-state index contributed by atoms with van der Waals surface area (Å²) in [5.41, 5.74) is 2.07. The predicted molar refractivity (Wildman–Crippen MR) is 104 cm³/mol. The number of rotatable bonds is 7. The van der Waals surface area contributed by atoms with Crippen LogP contribution in [-0.4, -0.2) is 67.1 Å². The van der Waals surface area contributed by atoms with Crippen LogP contribution in [0, 0.1) is 0 Å². The summed E-state index contributed by atoms with van der Waals surface area (Å²) >= 11 is 0. The van der Waals surface area contributed by atoms with E-state index in [2.05, 4.69) is 4.90 Å². The van der Waals surface area contributed by atoms with Crippen LogP contribution in [0.15, 0.2) is 54.6 Å². The zero-order valence-electron chi connectivity index (χ0n) is 15.8. The predicted octanol–water partition coefficient (Wildman–Crippen LogP) is 2.20. The molecular weight excluding hydrogens is 356 g/mol. The molecule has 1 atom stereocenters. The van der Waals surface area contributed by atoms with Crippen LogP contribution < -0.4 is 0 Å². The number of hydrogen-bond donors (Lipinski definition) is 0. The Kier molecular flexibility index (Phi) is 5.81. The summed E-state index contributed by atoms with van der Waals surface area (Å²) in [7, 11) is 0. The van der Waals surface area contributed by atoms with E-state index in [-0.39, 0.29) is 17.9 Å². The van der Waals surface area contributed by atoms with Gasteiger partial charge in [-0.3, -0.25) is 19.4 Å². The molecule has 6 heteroatoms. The largest absolute Gasteiger partial charge is 0.379 e. The molecule has 0 saturated carbocycles. The number of morpholine rings is 1. The fourth-order valence-electron chi connectivity index (χ4n) is 3.72. The summed E-state index contributed by atoms with van der Waals surface area (Å²) in [5.74, 6) is -0.441. The number of ether oxygens (including phenoxy) is 2. The van der Waals surface area contributed by atoms with Crippen LogP contribution in [0.25, 0.3) is 0 Å². The molecule has 0 N–H and O–H groups in total. The lowest BCUT2D eigenvalue weighted by Gasteiger charge is -2.35. The zero-order valence-corrected chi connectivity index (χ0v) is 15.8. The van der Waals surface area contributed by atoms with Crippen LogP contribution in [0.3, 0.4) is 0 Å². The van der Waals surface area contributed by atoms with Crippen molar-refractivity contribution in [1.82, 2.24) is 9.80 Å². The van der Waals surface area contributed by atoms with E-state index >= 15 is 0 Å². The molecule has 2 heterocycles. The van der Waals surface area contributed by atoms with Crippen LogP contribution >= 0.6 is 0 Å². The number of amides is 2. The van der Waals surface area contributed by atoms with E-state index in [9.17, 15) is 9.59 Å². The molecule has 1 saturated heterocycles. The van der Waals surface area contributed by atoms with E-state index < -0.39 is 0 Å². The molecule has 28 heavy (non-hydrogen) atoms. The highest BCUT2D eigenvalue weighted by molar-refractivity contribution is 6.21. The van der Waals surface area contributed by atoms with Crippen molar-refractivity contribution in [3.8, 4) is 0 Å². The molecule has 0 radical (unpaired) electrons. The second kappa shape index (κ2) is 8.65. The Balaban J connectivity index is 1.45. The minimum atomic E-state index is -0.220. The highest BCUT2D eigenvalue weighted by Crippen LogP contribution is 2.23. The Hall–Kier alpha value is -2.54. The first-order valence-corrected chi connectivity index (χ1v) is 9.63. The van der Waals surface area contributed by atoms with Gasteiger partial charge in [0.25, 0.3) is 11.8 Å². The maximum atomic E-state index is 12.7. The monoisotopic (exact) mass is 380 g/mol. The maximum Gasteiger partial charge on any atom is 0.261 e. The molecule has 4 rings (SSSR count). The molecule has 0 bridgehead atoms.